The summed E-state index contributed by atoms with van der Waals surface area (Å²) in [7, 11) is 1.54. The Hall–Kier alpha value is -2.07. The van der Waals surface area contributed by atoms with Crippen molar-refractivity contribution in [2.45, 2.75) is 6.42 Å². The number of nitrogens with two attached hydrogens (primary N) is 1. The molecule has 2 rings (SSSR count). The number of aromatic hydroxyl groups is 1. The van der Waals surface area contributed by atoms with E-state index in [0.717, 1.165) is 5.56 Å². The number of hydrogen-bond acceptors (Lipinski definition) is 3. The van der Waals surface area contributed by atoms with Crippen molar-refractivity contribution < 1.29 is 14.2 Å². The van der Waals surface area contributed by atoms with Crippen molar-refractivity contribution >= 4 is 0 Å². The van der Waals surface area contributed by atoms with Crippen LogP contribution in [0.15, 0.2) is 36.4 Å². The van der Waals surface area contributed by atoms with E-state index in [1.807, 2.05) is 12.1 Å². The number of halogens is 1. The molecule has 0 atom stereocenters. The second-order valence-corrected chi connectivity index (χ2v) is 4.23. The Morgan fingerprint density at radius 1 is 1.16 bits per heavy atom. The van der Waals surface area contributed by atoms with Gasteiger partial charge in [0.15, 0.2) is 0 Å². The molecule has 2 aromatic carbocycles. The molecule has 3 nitrogen and oxygen atoms in total. The van der Waals surface area contributed by atoms with Crippen LogP contribution in [0.3, 0.4) is 0 Å². The molecule has 0 radical (unpaired) electrons. The summed E-state index contributed by atoms with van der Waals surface area (Å²) in [6.07, 6.45) is 0.715. The van der Waals surface area contributed by atoms with Crippen LogP contribution in [0.4, 0.5) is 4.39 Å². The van der Waals surface area contributed by atoms with Crippen LogP contribution >= 0.6 is 0 Å². The molecule has 0 aliphatic carbocycles. The minimum Gasteiger partial charge on any atom is -0.507 e. The van der Waals surface area contributed by atoms with E-state index in [-0.39, 0.29) is 5.75 Å². The van der Waals surface area contributed by atoms with Crippen LogP contribution in [0.25, 0.3) is 11.1 Å². The van der Waals surface area contributed by atoms with Gasteiger partial charge >= 0.3 is 0 Å². The Morgan fingerprint density at radius 2 is 1.95 bits per heavy atom. The molecule has 100 valence electrons. The minimum atomic E-state index is -0.404. The molecular formula is C15H16FNO2. The van der Waals surface area contributed by atoms with E-state index in [1.165, 1.54) is 25.3 Å². The molecule has 0 aliphatic rings. The highest BCUT2D eigenvalue weighted by Gasteiger charge is 2.12. The summed E-state index contributed by atoms with van der Waals surface area (Å²) in [4.78, 5) is 0. The number of methoxy groups -OCH3 is 1. The topological polar surface area (TPSA) is 55.5 Å². The summed E-state index contributed by atoms with van der Waals surface area (Å²) in [6.45, 7) is 0.529. The second-order valence-electron chi connectivity index (χ2n) is 4.23. The molecule has 0 saturated heterocycles. The van der Waals surface area contributed by atoms with Crippen molar-refractivity contribution in [2.75, 3.05) is 13.7 Å². The van der Waals surface area contributed by atoms with E-state index < -0.39 is 5.82 Å². The van der Waals surface area contributed by atoms with Gasteiger partial charge in [0.25, 0.3) is 0 Å². The van der Waals surface area contributed by atoms with Crippen molar-refractivity contribution in [2.24, 2.45) is 5.73 Å². The Morgan fingerprint density at radius 3 is 2.63 bits per heavy atom. The van der Waals surface area contributed by atoms with E-state index in [9.17, 15) is 9.50 Å². The van der Waals surface area contributed by atoms with Gasteiger partial charge in [0.05, 0.1) is 7.11 Å². The van der Waals surface area contributed by atoms with E-state index >= 15 is 0 Å². The zero-order chi connectivity index (χ0) is 13.8. The summed E-state index contributed by atoms with van der Waals surface area (Å²) in [5.41, 5.74) is 7.62. The highest BCUT2D eigenvalue weighted by atomic mass is 19.1. The lowest BCUT2D eigenvalue weighted by Crippen LogP contribution is -2.03. The average molecular weight is 261 g/mol. The SMILES string of the molecule is COc1ccc(CCN)cc1-c1cc(F)ccc1O. The Labute approximate surface area is 111 Å². The molecule has 2 aromatic rings. The summed E-state index contributed by atoms with van der Waals surface area (Å²) < 4.78 is 18.6. The maximum atomic E-state index is 13.3. The van der Waals surface area contributed by atoms with Crippen molar-refractivity contribution in [1.82, 2.24) is 0 Å². The van der Waals surface area contributed by atoms with Crippen LogP contribution in [0.1, 0.15) is 5.56 Å². The Bertz CT molecular complexity index is 584. The lowest BCUT2D eigenvalue weighted by Gasteiger charge is -2.12. The minimum absolute atomic E-state index is 0.0181. The van der Waals surface area contributed by atoms with Gasteiger partial charge in [0.2, 0.25) is 0 Å². The first kappa shape index (κ1) is 13.4. The van der Waals surface area contributed by atoms with Crippen LogP contribution in [0, 0.1) is 5.82 Å². The third kappa shape index (κ3) is 2.85. The van der Waals surface area contributed by atoms with Gasteiger partial charge in [-0.15, -0.1) is 0 Å². The normalized spacial score (nSPS) is 10.5. The highest BCUT2D eigenvalue weighted by molar-refractivity contribution is 5.76. The fourth-order valence-corrected chi connectivity index (χ4v) is 2.01. The predicted molar refractivity (Wildman–Crippen MR) is 72.8 cm³/mol. The third-order valence-electron chi connectivity index (χ3n) is 2.95. The molecule has 0 heterocycles. The Kier molecular flexibility index (Phi) is 4.02. The number of ether oxygens (including phenoxy) is 1. The number of hydrogen-bond donors (Lipinski definition) is 2. The second kappa shape index (κ2) is 5.71. The van der Waals surface area contributed by atoms with Crippen molar-refractivity contribution in [3.05, 3.63) is 47.8 Å². The predicted octanol–water partition coefficient (Wildman–Crippen LogP) is 2.71. The van der Waals surface area contributed by atoms with Gasteiger partial charge in [0, 0.05) is 11.1 Å². The van der Waals surface area contributed by atoms with Gasteiger partial charge < -0.3 is 15.6 Å². The maximum absolute atomic E-state index is 13.3. The molecule has 0 aliphatic heterocycles. The number of phenols is 1. The maximum Gasteiger partial charge on any atom is 0.126 e. The summed E-state index contributed by atoms with van der Waals surface area (Å²) in [5.74, 6) is 0.199. The molecule has 3 N–H and O–H groups in total. The fourth-order valence-electron chi connectivity index (χ4n) is 2.01. The van der Waals surface area contributed by atoms with Crippen LogP contribution < -0.4 is 10.5 Å². The first-order valence-corrected chi connectivity index (χ1v) is 6.01. The van der Waals surface area contributed by atoms with Gasteiger partial charge in [-0.05, 0) is 48.9 Å². The summed E-state index contributed by atoms with van der Waals surface area (Å²) >= 11 is 0. The van der Waals surface area contributed by atoms with E-state index in [1.54, 1.807) is 6.07 Å². The van der Waals surface area contributed by atoms with Gasteiger partial charge in [-0.3, -0.25) is 0 Å². The van der Waals surface area contributed by atoms with Crippen LogP contribution in [0.2, 0.25) is 0 Å². The number of benzene rings is 2. The number of rotatable bonds is 4. The summed E-state index contributed by atoms with van der Waals surface area (Å²) in [6, 6.07) is 9.41. The van der Waals surface area contributed by atoms with Crippen molar-refractivity contribution in [3.63, 3.8) is 0 Å². The summed E-state index contributed by atoms with van der Waals surface area (Å²) in [5, 5.41) is 9.88. The smallest absolute Gasteiger partial charge is 0.126 e. The zero-order valence-corrected chi connectivity index (χ0v) is 10.7. The standard InChI is InChI=1S/C15H16FNO2/c1-19-15-5-2-10(6-7-17)8-13(15)12-9-11(16)3-4-14(12)18/h2-5,8-9,18H,6-7,17H2,1H3. The molecule has 19 heavy (non-hydrogen) atoms. The van der Waals surface area contributed by atoms with E-state index in [0.29, 0.717) is 29.8 Å². The van der Waals surface area contributed by atoms with Crippen molar-refractivity contribution in [1.29, 1.82) is 0 Å². The molecule has 0 bridgehead atoms. The van der Waals surface area contributed by atoms with Crippen LogP contribution in [-0.2, 0) is 6.42 Å². The highest BCUT2D eigenvalue weighted by Crippen LogP contribution is 2.36. The lowest BCUT2D eigenvalue weighted by atomic mass is 9.99. The molecule has 0 aromatic heterocycles. The van der Waals surface area contributed by atoms with Crippen molar-refractivity contribution in [3.8, 4) is 22.6 Å². The van der Waals surface area contributed by atoms with Gasteiger partial charge in [-0.2, -0.15) is 0 Å². The molecule has 0 amide bonds. The molecule has 4 heteroatoms. The van der Waals surface area contributed by atoms with Gasteiger partial charge in [0.1, 0.15) is 17.3 Å². The Balaban J connectivity index is 2.58. The van der Waals surface area contributed by atoms with E-state index in [4.69, 9.17) is 10.5 Å². The monoisotopic (exact) mass is 261 g/mol. The van der Waals surface area contributed by atoms with E-state index in [2.05, 4.69) is 0 Å². The zero-order valence-electron chi connectivity index (χ0n) is 10.7. The molecule has 0 unspecified atom stereocenters. The fraction of sp³-hybridized carbons (Fsp3) is 0.200. The average Bonchev–Trinajstić information content (AvgIpc) is 2.42. The molecule has 0 spiro atoms. The first-order valence-electron chi connectivity index (χ1n) is 6.01. The van der Waals surface area contributed by atoms with Gasteiger partial charge in [-0.1, -0.05) is 6.07 Å². The molecule has 0 fully saturated rings. The largest absolute Gasteiger partial charge is 0.507 e. The molecule has 0 saturated carbocycles. The number of phenolic OH excluding ortho intramolecular Hbond substituents is 1. The molecular weight excluding hydrogens is 245 g/mol. The van der Waals surface area contributed by atoms with Gasteiger partial charge in [-0.25, -0.2) is 4.39 Å². The quantitative estimate of drug-likeness (QED) is 0.889. The van der Waals surface area contributed by atoms with Crippen LogP contribution in [-0.4, -0.2) is 18.8 Å². The van der Waals surface area contributed by atoms with Crippen LogP contribution in [0.5, 0.6) is 11.5 Å². The third-order valence-corrected chi connectivity index (χ3v) is 2.95. The lowest BCUT2D eigenvalue weighted by molar-refractivity contribution is 0.415. The first-order chi connectivity index (χ1) is 9.15.